The molecular weight excluding hydrogens is 433 g/mol. The van der Waals surface area contributed by atoms with Crippen molar-refractivity contribution >= 4 is 23.5 Å². The summed E-state index contributed by atoms with van der Waals surface area (Å²) < 4.78 is 21.1. The lowest BCUT2D eigenvalue weighted by Gasteiger charge is -2.35. The summed E-state index contributed by atoms with van der Waals surface area (Å²) in [6.07, 6.45) is 5.03. The van der Waals surface area contributed by atoms with E-state index in [1.165, 1.54) is 12.8 Å². The standard InChI is InChI=1S/C25H28FN7O/c1-14-9-17-5-6-20(24(26)18(17)10-14)34-25-29-21(28-22-11-19(31-32-22)16-3-4-16)12-23(30-25)33-8-7-27-13-15(33)2/h5-6,10-12,15-16,27H,3-4,7-9,13H2,1-2H3,(H2,28,29,30,31,32)/t15-/m1/s1. The molecule has 3 N–H and O–H groups in total. The molecule has 2 aliphatic carbocycles. The second-order valence-electron chi connectivity index (χ2n) is 9.47. The van der Waals surface area contributed by atoms with Crippen molar-refractivity contribution in [3.05, 3.63) is 52.5 Å². The molecule has 0 spiro atoms. The van der Waals surface area contributed by atoms with E-state index in [1.54, 1.807) is 6.07 Å². The van der Waals surface area contributed by atoms with Crippen LogP contribution in [0.4, 0.5) is 21.8 Å². The Morgan fingerprint density at radius 1 is 1.18 bits per heavy atom. The number of benzene rings is 1. The molecule has 176 valence electrons. The number of halogens is 1. The molecule has 3 aromatic rings. The third-order valence-electron chi connectivity index (χ3n) is 6.65. The number of hydrogen-bond acceptors (Lipinski definition) is 7. The van der Waals surface area contributed by atoms with Gasteiger partial charge < -0.3 is 20.3 Å². The minimum atomic E-state index is -0.380. The second-order valence-corrected chi connectivity index (χ2v) is 9.47. The van der Waals surface area contributed by atoms with Gasteiger partial charge in [-0.05, 0) is 44.7 Å². The van der Waals surface area contributed by atoms with Gasteiger partial charge in [-0.1, -0.05) is 17.7 Å². The molecule has 1 saturated carbocycles. The van der Waals surface area contributed by atoms with E-state index in [2.05, 4.69) is 42.6 Å². The van der Waals surface area contributed by atoms with Gasteiger partial charge in [0.15, 0.2) is 17.4 Å². The van der Waals surface area contributed by atoms with E-state index in [4.69, 9.17) is 4.74 Å². The predicted octanol–water partition coefficient (Wildman–Crippen LogP) is 4.51. The van der Waals surface area contributed by atoms with E-state index in [9.17, 15) is 0 Å². The Hall–Kier alpha value is -3.46. The molecule has 0 bridgehead atoms. The highest BCUT2D eigenvalue weighted by Gasteiger charge is 2.26. The van der Waals surface area contributed by atoms with E-state index in [-0.39, 0.29) is 23.6 Å². The van der Waals surface area contributed by atoms with Gasteiger partial charge in [0.25, 0.3) is 0 Å². The van der Waals surface area contributed by atoms with Gasteiger partial charge in [-0.25, -0.2) is 4.39 Å². The molecule has 0 radical (unpaired) electrons. The lowest BCUT2D eigenvalue weighted by molar-refractivity contribution is 0.409. The quantitative estimate of drug-likeness (QED) is 0.498. The molecule has 3 aliphatic rings. The van der Waals surface area contributed by atoms with Crippen molar-refractivity contribution in [3.63, 3.8) is 0 Å². The first-order valence-electron chi connectivity index (χ1n) is 11.9. The second kappa shape index (κ2) is 8.39. The molecule has 0 unspecified atom stereocenters. The average molecular weight is 462 g/mol. The number of fused-ring (bicyclic) bond motifs is 1. The van der Waals surface area contributed by atoms with Gasteiger partial charge >= 0.3 is 6.01 Å². The Morgan fingerprint density at radius 2 is 2.06 bits per heavy atom. The van der Waals surface area contributed by atoms with Crippen molar-refractivity contribution in [1.82, 2.24) is 25.5 Å². The largest absolute Gasteiger partial charge is 0.421 e. The van der Waals surface area contributed by atoms with Crippen molar-refractivity contribution in [2.45, 2.75) is 45.1 Å². The molecule has 1 saturated heterocycles. The number of rotatable bonds is 6. The van der Waals surface area contributed by atoms with Crippen LogP contribution in [0.1, 0.15) is 49.4 Å². The Balaban J connectivity index is 1.33. The lowest BCUT2D eigenvalue weighted by atomic mass is 10.1. The number of nitrogens with one attached hydrogen (secondary N) is 3. The van der Waals surface area contributed by atoms with Crippen molar-refractivity contribution in [3.8, 4) is 11.8 Å². The fraction of sp³-hybridized carbons (Fsp3) is 0.400. The Bertz CT molecular complexity index is 1270. The number of anilines is 3. The van der Waals surface area contributed by atoms with E-state index in [1.807, 2.05) is 31.2 Å². The van der Waals surface area contributed by atoms with Gasteiger partial charge in [-0.15, -0.1) is 0 Å². The van der Waals surface area contributed by atoms with Crippen LogP contribution in [0.5, 0.6) is 11.8 Å². The number of aromatic nitrogens is 4. The summed E-state index contributed by atoms with van der Waals surface area (Å²) in [5.41, 5.74) is 3.82. The minimum Gasteiger partial charge on any atom is -0.421 e. The molecule has 34 heavy (non-hydrogen) atoms. The zero-order valence-electron chi connectivity index (χ0n) is 19.4. The Morgan fingerprint density at radius 3 is 2.88 bits per heavy atom. The van der Waals surface area contributed by atoms with Crippen LogP contribution in [-0.2, 0) is 6.42 Å². The molecule has 2 aromatic heterocycles. The third-order valence-corrected chi connectivity index (χ3v) is 6.65. The first-order chi connectivity index (χ1) is 16.5. The highest BCUT2D eigenvalue weighted by atomic mass is 19.1. The zero-order chi connectivity index (χ0) is 23.2. The first kappa shape index (κ1) is 21.1. The molecule has 6 rings (SSSR count). The molecule has 0 amide bonds. The van der Waals surface area contributed by atoms with Gasteiger partial charge in [0.1, 0.15) is 11.6 Å². The number of nitrogens with zero attached hydrogens (tertiary/aromatic N) is 4. The Labute approximate surface area is 197 Å². The first-order valence-corrected chi connectivity index (χ1v) is 11.9. The summed E-state index contributed by atoms with van der Waals surface area (Å²) >= 11 is 0. The van der Waals surface area contributed by atoms with Crippen LogP contribution in [0.15, 0.2) is 29.8 Å². The van der Waals surface area contributed by atoms with Gasteiger partial charge in [0.2, 0.25) is 0 Å². The molecule has 8 nitrogen and oxygen atoms in total. The van der Waals surface area contributed by atoms with Gasteiger partial charge in [0.05, 0.1) is 0 Å². The van der Waals surface area contributed by atoms with Gasteiger partial charge in [-0.2, -0.15) is 15.1 Å². The number of hydrogen-bond donors (Lipinski definition) is 3. The third kappa shape index (κ3) is 4.11. The lowest BCUT2D eigenvalue weighted by Crippen LogP contribution is -2.50. The summed E-state index contributed by atoms with van der Waals surface area (Å²) in [4.78, 5) is 11.4. The number of piperazine rings is 1. The van der Waals surface area contributed by atoms with E-state index in [0.717, 1.165) is 48.7 Å². The number of ether oxygens (including phenoxy) is 1. The SMILES string of the molecule is CC1=Cc2c(ccc(Oc3nc(Nc4cc(C5CC5)[nH]n4)cc(N4CCNC[C@H]4C)n3)c2F)C1. The van der Waals surface area contributed by atoms with Crippen LogP contribution in [0.25, 0.3) is 6.08 Å². The van der Waals surface area contributed by atoms with E-state index >= 15 is 4.39 Å². The van der Waals surface area contributed by atoms with Crippen LogP contribution in [0, 0.1) is 5.82 Å². The molecule has 9 heteroatoms. The molecule has 1 aliphatic heterocycles. The van der Waals surface area contributed by atoms with Crippen LogP contribution >= 0.6 is 0 Å². The van der Waals surface area contributed by atoms with E-state index < -0.39 is 0 Å². The smallest absolute Gasteiger partial charge is 0.326 e. The Kier molecular flexibility index (Phi) is 5.21. The summed E-state index contributed by atoms with van der Waals surface area (Å²) in [7, 11) is 0. The van der Waals surface area contributed by atoms with E-state index in [0.29, 0.717) is 23.1 Å². The van der Waals surface area contributed by atoms with Crippen LogP contribution in [-0.4, -0.2) is 45.8 Å². The summed E-state index contributed by atoms with van der Waals surface area (Å²) in [6.45, 7) is 6.68. The zero-order valence-corrected chi connectivity index (χ0v) is 19.4. The van der Waals surface area contributed by atoms with Gasteiger partial charge in [-0.3, -0.25) is 5.10 Å². The highest BCUT2D eigenvalue weighted by Crippen LogP contribution is 2.40. The maximum Gasteiger partial charge on any atom is 0.326 e. The van der Waals surface area contributed by atoms with Crippen molar-refractivity contribution in [2.24, 2.45) is 0 Å². The van der Waals surface area contributed by atoms with Crippen LogP contribution in [0.2, 0.25) is 0 Å². The average Bonchev–Trinajstić information content (AvgIpc) is 3.45. The normalized spacial score (nSPS) is 19.7. The molecule has 1 atom stereocenters. The maximum atomic E-state index is 15.2. The van der Waals surface area contributed by atoms with Crippen LogP contribution in [0.3, 0.4) is 0 Å². The van der Waals surface area contributed by atoms with Gasteiger partial charge in [0, 0.05) is 55.0 Å². The monoisotopic (exact) mass is 461 g/mol. The highest BCUT2D eigenvalue weighted by molar-refractivity contribution is 5.66. The summed E-state index contributed by atoms with van der Waals surface area (Å²) in [6, 6.07) is 7.83. The van der Waals surface area contributed by atoms with Crippen molar-refractivity contribution in [2.75, 3.05) is 29.9 Å². The minimum absolute atomic E-state index is 0.0984. The molecule has 2 fully saturated rings. The van der Waals surface area contributed by atoms with Crippen molar-refractivity contribution < 1.29 is 9.13 Å². The predicted molar refractivity (Wildman–Crippen MR) is 129 cm³/mol. The molecule has 1 aromatic carbocycles. The topological polar surface area (TPSA) is 91.0 Å². The molecule has 3 heterocycles. The maximum absolute atomic E-state index is 15.2. The number of allylic oxidation sites excluding steroid dienone is 1. The summed E-state index contributed by atoms with van der Waals surface area (Å²) in [5, 5.41) is 14.1. The molecular formula is C25H28FN7O. The van der Waals surface area contributed by atoms with Crippen molar-refractivity contribution in [1.29, 1.82) is 0 Å². The van der Waals surface area contributed by atoms with Crippen LogP contribution < -0.4 is 20.3 Å². The number of aromatic amines is 1. The number of H-pyrrole nitrogens is 1. The fourth-order valence-corrected chi connectivity index (χ4v) is 4.68. The summed E-state index contributed by atoms with van der Waals surface area (Å²) in [5.74, 6) is 2.29. The fourth-order valence-electron chi connectivity index (χ4n) is 4.68.